The average Bonchev–Trinajstić information content (AvgIpc) is 2.38. The van der Waals surface area contributed by atoms with Crippen molar-refractivity contribution in [3.8, 4) is 0 Å². The SMILES string of the molecule is CC(C(=O)C1CCCCC1)[S+](CCO)CCO. The van der Waals surface area contributed by atoms with Crippen LogP contribution >= 0.6 is 0 Å². The molecule has 100 valence electrons. The zero-order valence-corrected chi connectivity index (χ0v) is 11.5. The largest absolute Gasteiger partial charge is 0.391 e. The second-order valence-corrected chi connectivity index (χ2v) is 7.37. The molecule has 1 atom stereocenters. The lowest BCUT2D eigenvalue weighted by molar-refractivity contribution is -0.123. The summed E-state index contributed by atoms with van der Waals surface area (Å²) >= 11 is 0. The van der Waals surface area contributed by atoms with Crippen molar-refractivity contribution < 1.29 is 15.0 Å². The van der Waals surface area contributed by atoms with Crippen LogP contribution in [0.1, 0.15) is 39.0 Å². The Morgan fingerprint density at radius 3 is 2.18 bits per heavy atom. The normalized spacial score (nSPS) is 19.5. The van der Waals surface area contributed by atoms with Gasteiger partial charge in [0.2, 0.25) is 0 Å². The average molecular weight is 261 g/mol. The first-order valence-electron chi connectivity index (χ1n) is 6.62. The van der Waals surface area contributed by atoms with E-state index in [1.54, 1.807) is 0 Å². The number of aliphatic hydroxyl groups excluding tert-OH is 2. The molecule has 1 fully saturated rings. The van der Waals surface area contributed by atoms with E-state index in [-0.39, 0.29) is 35.3 Å². The summed E-state index contributed by atoms with van der Waals surface area (Å²) in [5.41, 5.74) is 0. The van der Waals surface area contributed by atoms with E-state index < -0.39 is 0 Å². The van der Waals surface area contributed by atoms with Gasteiger partial charge in [0.1, 0.15) is 11.5 Å². The van der Waals surface area contributed by atoms with Gasteiger partial charge in [-0.05, 0) is 19.8 Å². The molecular weight excluding hydrogens is 236 g/mol. The van der Waals surface area contributed by atoms with Gasteiger partial charge >= 0.3 is 0 Å². The van der Waals surface area contributed by atoms with E-state index in [9.17, 15) is 4.79 Å². The summed E-state index contributed by atoms with van der Waals surface area (Å²) in [7, 11) is -0.151. The Labute approximate surface area is 107 Å². The van der Waals surface area contributed by atoms with Crippen LogP contribution in [-0.2, 0) is 15.7 Å². The van der Waals surface area contributed by atoms with Crippen LogP contribution in [0.3, 0.4) is 0 Å². The smallest absolute Gasteiger partial charge is 0.187 e. The molecule has 2 N–H and O–H groups in total. The molecule has 4 heteroatoms. The standard InChI is InChI=1S/C13H25O3S/c1-11(17(9-7-14)10-8-15)13(16)12-5-3-2-4-6-12/h11-12,14-15H,2-10H2,1H3/q+1. The maximum absolute atomic E-state index is 12.3. The third-order valence-electron chi connectivity index (χ3n) is 3.62. The van der Waals surface area contributed by atoms with Gasteiger partial charge in [-0.15, -0.1) is 0 Å². The van der Waals surface area contributed by atoms with Crippen molar-refractivity contribution >= 4 is 16.7 Å². The van der Waals surface area contributed by atoms with E-state index in [1.807, 2.05) is 6.92 Å². The van der Waals surface area contributed by atoms with Crippen LogP contribution < -0.4 is 0 Å². The van der Waals surface area contributed by atoms with Crippen LogP contribution in [0.15, 0.2) is 0 Å². The van der Waals surface area contributed by atoms with Crippen LogP contribution in [-0.4, -0.2) is 46.0 Å². The highest BCUT2D eigenvalue weighted by molar-refractivity contribution is 7.98. The predicted octanol–water partition coefficient (Wildman–Crippen LogP) is 1.13. The van der Waals surface area contributed by atoms with Crippen molar-refractivity contribution in [2.24, 2.45) is 5.92 Å². The van der Waals surface area contributed by atoms with Crippen LogP contribution in [0.5, 0.6) is 0 Å². The topological polar surface area (TPSA) is 57.5 Å². The molecule has 1 unspecified atom stereocenters. The van der Waals surface area contributed by atoms with Crippen molar-refractivity contribution in [3.05, 3.63) is 0 Å². The van der Waals surface area contributed by atoms with E-state index in [0.29, 0.717) is 17.3 Å². The third kappa shape index (κ3) is 4.60. The summed E-state index contributed by atoms with van der Waals surface area (Å²) in [4.78, 5) is 12.3. The molecule has 1 aliphatic rings. The van der Waals surface area contributed by atoms with Gasteiger partial charge in [-0.2, -0.15) is 0 Å². The second-order valence-electron chi connectivity index (χ2n) is 4.77. The molecule has 0 aromatic carbocycles. The Bertz CT molecular complexity index is 221. The monoisotopic (exact) mass is 261 g/mol. The van der Waals surface area contributed by atoms with Gasteiger partial charge in [-0.25, -0.2) is 0 Å². The molecule has 0 heterocycles. The van der Waals surface area contributed by atoms with Crippen LogP contribution in [0.25, 0.3) is 0 Å². The van der Waals surface area contributed by atoms with Crippen LogP contribution in [0.2, 0.25) is 0 Å². The Morgan fingerprint density at radius 2 is 1.71 bits per heavy atom. The zero-order valence-electron chi connectivity index (χ0n) is 10.7. The molecule has 1 rings (SSSR count). The fourth-order valence-corrected chi connectivity index (χ4v) is 4.47. The molecule has 0 aromatic heterocycles. The number of carbonyl (C=O) groups is 1. The van der Waals surface area contributed by atoms with Crippen molar-refractivity contribution in [1.82, 2.24) is 0 Å². The minimum absolute atomic E-state index is 0.0115. The Hall–Kier alpha value is -0.0600. The minimum atomic E-state index is -0.151. The lowest BCUT2D eigenvalue weighted by Gasteiger charge is -2.23. The highest BCUT2D eigenvalue weighted by Gasteiger charge is 2.36. The highest BCUT2D eigenvalue weighted by Crippen LogP contribution is 2.27. The highest BCUT2D eigenvalue weighted by atomic mass is 32.2. The number of aliphatic hydroxyl groups is 2. The molecule has 0 radical (unpaired) electrons. The quantitative estimate of drug-likeness (QED) is 0.675. The van der Waals surface area contributed by atoms with Gasteiger partial charge < -0.3 is 10.2 Å². The molecule has 17 heavy (non-hydrogen) atoms. The summed E-state index contributed by atoms with van der Waals surface area (Å²) in [6, 6.07) is 0. The summed E-state index contributed by atoms with van der Waals surface area (Å²) in [5, 5.41) is 18.0. The molecule has 0 aliphatic heterocycles. The molecular formula is C13H25O3S+. The minimum Gasteiger partial charge on any atom is -0.391 e. The molecule has 0 spiro atoms. The van der Waals surface area contributed by atoms with Gasteiger partial charge in [-0.1, -0.05) is 19.3 Å². The number of ketones is 1. The van der Waals surface area contributed by atoms with E-state index >= 15 is 0 Å². The Morgan fingerprint density at radius 1 is 1.18 bits per heavy atom. The van der Waals surface area contributed by atoms with E-state index in [2.05, 4.69) is 0 Å². The second kappa shape index (κ2) is 8.11. The maximum atomic E-state index is 12.3. The van der Waals surface area contributed by atoms with E-state index in [1.165, 1.54) is 19.3 Å². The van der Waals surface area contributed by atoms with Crippen molar-refractivity contribution in [2.45, 2.75) is 44.3 Å². The molecule has 0 amide bonds. The summed E-state index contributed by atoms with van der Waals surface area (Å²) in [6.45, 7) is 2.21. The molecule has 0 bridgehead atoms. The van der Waals surface area contributed by atoms with Crippen molar-refractivity contribution in [2.75, 3.05) is 24.7 Å². The van der Waals surface area contributed by atoms with Gasteiger partial charge in [-0.3, -0.25) is 4.79 Å². The molecule has 0 aromatic rings. The van der Waals surface area contributed by atoms with Crippen molar-refractivity contribution in [3.63, 3.8) is 0 Å². The third-order valence-corrected chi connectivity index (χ3v) is 6.26. The number of carbonyl (C=O) groups excluding carboxylic acids is 1. The predicted molar refractivity (Wildman–Crippen MR) is 72.3 cm³/mol. The molecule has 1 saturated carbocycles. The van der Waals surface area contributed by atoms with E-state index in [0.717, 1.165) is 12.8 Å². The fraction of sp³-hybridized carbons (Fsp3) is 0.923. The maximum Gasteiger partial charge on any atom is 0.187 e. The van der Waals surface area contributed by atoms with Gasteiger partial charge in [0.15, 0.2) is 11.0 Å². The van der Waals surface area contributed by atoms with E-state index in [4.69, 9.17) is 10.2 Å². The summed E-state index contributed by atoms with van der Waals surface area (Å²) in [6.07, 6.45) is 5.70. The Balaban J connectivity index is 2.51. The van der Waals surface area contributed by atoms with Gasteiger partial charge in [0, 0.05) is 16.8 Å². The van der Waals surface area contributed by atoms with Gasteiger partial charge in [0.25, 0.3) is 0 Å². The first kappa shape index (κ1) is 15.0. The Kier molecular flexibility index (Phi) is 7.16. The fourth-order valence-electron chi connectivity index (χ4n) is 2.57. The van der Waals surface area contributed by atoms with Crippen LogP contribution in [0, 0.1) is 5.92 Å². The number of hydrogen-bond acceptors (Lipinski definition) is 3. The summed E-state index contributed by atoms with van der Waals surface area (Å²) in [5.74, 6) is 1.92. The number of Topliss-reactive ketones (excluding diaryl/α,β-unsaturated/α-hetero) is 1. The molecule has 0 saturated heterocycles. The van der Waals surface area contributed by atoms with Crippen LogP contribution in [0.4, 0.5) is 0 Å². The number of hydrogen-bond donors (Lipinski definition) is 2. The molecule has 3 nitrogen and oxygen atoms in total. The lowest BCUT2D eigenvalue weighted by Crippen LogP contribution is -2.38. The van der Waals surface area contributed by atoms with Crippen molar-refractivity contribution in [1.29, 1.82) is 0 Å². The zero-order chi connectivity index (χ0) is 12.7. The first-order valence-corrected chi connectivity index (χ1v) is 8.25. The number of rotatable bonds is 7. The van der Waals surface area contributed by atoms with Gasteiger partial charge in [0.05, 0.1) is 13.2 Å². The summed E-state index contributed by atoms with van der Waals surface area (Å²) < 4.78 is 0. The first-order chi connectivity index (χ1) is 8.20. The lowest BCUT2D eigenvalue weighted by atomic mass is 9.85. The molecule has 1 aliphatic carbocycles.